The number of rotatable bonds is 6. The molecule has 2 heterocycles. The van der Waals surface area contributed by atoms with Crippen LogP contribution in [0.3, 0.4) is 0 Å². The van der Waals surface area contributed by atoms with Crippen molar-refractivity contribution in [2.75, 3.05) is 18.2 Å². The van der Waals surface area contributed by atoms with Crippen LogP contribution < -0.4 is 14.8 Å². The van der Waals surface area contributed by atoms with E-state index in [1.165, 1.54) is 11.8 Å². The SMILES string of the molecule is COc1ccc(-c2nc3c(c(SCC(=O)Nc4cc(C)cc(C)c4)n2)Cc2ccccc2O3)cc1. The number of amides is 1. The fourth-order valence-electron chi connectivity index (χ4n) is 4.09. The number of anilines is 1. The van der Waals surface area contributed by atoms with Crippen LogP contribution in [0.1, 0.15) is 22.3 Å². The third kappa shape index (κ3) is 5.15. The number of hydrogen-bond donors (Lipinski definition) is 1. The Morgan fingerprint density at radius 3 is 2.51 bits per heavy atom. The van der Waals surface area contributed by atoms with Crippen molar-refractivity contribution in [3.05, 3.63) is 89.0 Å². The van der Waals surface area contributed by atoms with Crippen LogP contribution in [0.5, 0.6) is 17.4 Å². The number of nitrogens with one attached hydrogen (secondary N) is 1. The number of para-hydroxylation sites is 1. The molecule has 0 atom stereocenters. The van der Waals surface area contributed by atoms with Crippen molar-refractivity contribution < 1.29 is 14.3 Å². The number of aromatic nitrogens is 2. The summed E-state index contributed by atoms with van der Waals surface area (Å²) in [4.78, 5) is 22.3. The monoisotopic (exact) mass is 483 g/mol. The van der Waals surface area contributed by atoms with Gasteiger partial charge in [0.15, 0.2) is 5.82 Å². The summed E-state index contributed by atoms with van der Waals surface area (Å²) in [6.07, 6.45) is 0.648. The Labute approximate surface area is 208 Å². The minimum atomic E-state index is -0.0875. The largest absolute Gasteiger partial charge is 0.497 e. The van der Waals surface area contributed by atoms with Gasteiger partial charge in [-0.15, -0.1) is 0 Å². The standard InChI is InChI=1S/C28H25N3O3S/c1-17-12-18(2)14-21(13-17)29-25(32)16-35-28-23-15-20-6-4-5-7-24(20)34-27(23)30-26(31-28)19-8-10-22(33-3)11-9-19/h4-14H,15-16H2,1-3H3,(H,29,32). The van der Waals surface area contributed by atoms with Crippen molar-refractivity contribution in [3.63, 3.8) is 0 Å². The van der Waals surface area contributed by atoms with Crippen LogP contribution >= 0.6 is 11.8 Å². The molecule has 0 radical (unpaired) electrons. The molecule has 35 heavy (non-hydrogen) atoms. The molecule has 1 N–H and O–H groups in total. The summed E-state index contributed by atoms with van der Waals surface area (Å²) in [7, 11) is 1.63. The first kappa shape index (κ1) is 22.9. The lowest BCUT2D eigenvalue weighted by Gasteiger charge is -2.21. The fourth-order valence-corrected chi connectivity index (χ4v) is 4.91. The number of aryl methyl sites for hydroxylation is 2. The van der Waals surface area contributed by atoms with Crippen molar-refractivity contribution in [1.82, 2.24) is 9.97 Å². The lowest BCUT2D eigenvalue weighted by Crippen LogP contribution is -2.15. The van der Waals surface area contributed by atoms with E-state index in [1.807, 2.05) is 74.5 Å². The number of benzene rings is 3. The quantitative estimate of drug-likeness (QED) is 0.229. The number of carbonyl (C=O) groups excluding carboxylic acids is 1. The molecule has 0 unspecified atom stereocenters. The van der Waals surface area contributed by atoms with Crippen LogP contribution in [-0.2, 0) is 11.2 Å². The van der Waals surface area contributed by atoms with E-state index in [2.05, 4.69) is 11.4 Å². The van der Waals surface area contributed by atoms with Gasteiger partial charge in [-0.05, 0) is 73.0 Å². The van der Waals surface area contributed by atoms with Crippen molar-refractivity contribution in [1.29, 1.82) is 0 Å². The van der Waals surface area contributed by atoms with Crippen molar-refractivity contribution in [2.45, 2.75) is 25.3 Å². The molecule has 3 aromatic carbocycles. The van der Waals surface area contributed by atoms with Gasteiger partial charge in [0.1, 0.15) is 16.5 Å². The Balaban J connectivity index is 1.43. The van der Waals surface area contributed by atoms with E-state index in [4.69, 9.17) is 19.4 Å². The molecule has 6 nitrogen and oxygen atoms in total. The smallest absolute Gasteiger partial charge is 0.234 e. The molecule has 0 saturated heterocycles. The first-order valence-electron chi connectivity index (χ1n) is 11.3. The van der Waals surface area contributed by atoms with Gasteiger partial charge in [-0.25, -0.2) is 4.98 Å². The summed E-state index contributed by atoms with van der Waals surface area (Å²) in [5.74, 6) is 2.76. The zero-order valence-electron chi connectivity index (χ0n) is 19.8. The average molecular weight is 484 g/mol. The predicted octanol–water partition coefficient (Wildman–Crippen LogP) is 6.20. The molecule has 0 saturated carbocycles. The highest BCUT2D eigenvalue weighted by Crippen LogP contribution is 2.40. The summed E-state index contributed by atoms with van der Waals surface area (Å²) < 4.78 is 11.4. The maximum absolute atomic E-state index is 12.8. The molecular weight excluding hydrogens is 458 g/mol. The van der Waals surface area contributed by atoms with Gasteiger partial charge in [-0.1, -0.05) is 36.0 Å². The van der Waals surface area contributed by atoms with Crippen molar-refractivity contribution in [3.8, 4) is 28.8 Å². The molecule has 1 aliphatic rings. The zero-order chi connectivity index (χ0) is 24.4. The first-order valence-corrected chi connectivity index (χ1v) is 12.3. The first-order chi connectivity index (χ1) is 17.0. The number of thioether (sulfide) groups is 1. The number of ether oxygens (including phenoxy) is 2. The Morgan fingerprint density at radius 1 is 1.03 bits per heavy atom. The predicted molar refractivity (Wildman–Crippen MR) is 139 cm³/mol. The second kappa shape index (κ2) is 9.80. The highest BCUT2D eigenvalue weighted by atomic mass is 32.2. The minimum Gasteiger partial charge on any atom is -0.497 e. The summed E-state index contributed by atoms with van der Waals surface area (Å²) in [5, 5.41) is 3.74. The molecule has 0 bridgehead atoms. The van der Waals surface area contributed by atoms with Gasteiger partial charge in [0.2, 0.25) is 11.8 Å². The van der Waals surface area contributed by atoms with Crippen molar-refractivity contribution >= 4 is 23.4 Å². The molecule has 5 rings (SSSR count). The van der Waals surface area contributed by atoms with Crippen LogP contribution in [0.15, 0.2) is 71.8 Å². The Bertz CT molecular complexity index is 1380. The van der Waals surface area contributed by atoms with Gasteiger partial charge in [0.05, 0.1) is 18.4 Å². The normalized spacial score (nSPS) is 11.7. The van der Waals surface area contributed by atoms with Crippen molar-refractivity contribution in [2.24, 2.45) is 0 Å². The summed E-state index contributed by atoms with van der Waals surface area (Å²) >= 11 is 1.39. The summed E-state index contributed by atoms with van der Waals surface area (Å²) in [6.45, 7) is 4.03. The maximum atomic E-state index is 12.8. The molecule has 0 aliphatic carbocycles. The van der Waals surface area contributed by atoms with Crippen LogP contribution in [0.2, 0.25) is 0 Å². The zero-order valence-corrected chi connectivity index (χ0v) is 20.6. The van der Waals surface area contributed by atoms with Crippen LogP contribution in [0.25, 0.3) is 11.4 Å². The van der Waals surface area contributed by atoms with Gasteiger partial charge in [-0.2, -0.15) is 4.98 Å². The second-order valence-corrected chi connectivity index (χ2v) is 9.43. The molecule has 176 valence electrons. The number of nitrogens with zero attached hydrogens (tertiary/aromatic N) is 2. The number of methoxy groups -OCH3 is 1. The molecule has 1 aromatic heterocycles. The average Bonchev–Trinajstić information content (AvgIpc) is 2.85. The van der Waals surface area contributed by atoms with Crippen LogP contribution in [0.4, 0.5) is 5.69 Å². The Hall–Kier alpha value is -3.84. The second-order valence-electron chi connectivity index (χ2n) is 8.46. The highest BCUT2D eigenvalue weighted by Gasteiger charge is 2.24. The fraction of sp³-hybridized carbons (Fsp3) is 0.179. The van der Waals surface area contributed by atoms with Gasteiger partial charge in [0.25, 0.3) is 0 Å². The maximum Gasteiger partial charge on any atom is 0.234 e. The summed E-state index contributed by atoms with van der Waals surface area (Å²) in [6, 6.07) is 21.5. The van der Waals surface area contributed by atoms with E-state index in [0.717, 1.165) is 50.0 Å². The molecule has 0 fully saturated rings. The van der Waals surface area contributed by atoms with Gasteiger partial charge in [0, 0.05) is 17.7 Å². The van der Waals surface area contributed by atoms with E-state index in [0.29, 0.717) is 18.1 Å². The molecule has 0 spiro atoms. The number of hydrogen-bond acceptors (Lipinski definition) is 6. The molecule has 7 heteroatoms. The highest BCUT2D eigenvalue weighted by molar-refractivity contribution is 8.00. The topological polar surface area (TPSA) is 73.3 Å². The Morgan fingerprint density at radius 2 is 1.77 bits per heavy atom. The van der Waals surface area contributed by atoms with E-state index in [-0.39, 0.29) is 11.7 Å². The third-order valence-electron chi connectivity index (χ3n) is 5.67. The van der Waals surface area contributed by atoms with Crippen LogP contribution in [-0.4, -0.2) is 28.7 Å². The number of fused-ring (bicyclic) bond motifs is 2. The lowest BCUT2D eigenvalue weighted by atomic mass is 10.0. The summed E-state index contributed by atoms with van der Waals surface area (Å²) in [5.41, 5.74) is 5.83. The van der Waals surface area contributed by atoms with E-state index >= 15 is 0 Å². The van der Waals surface area contributed by atoms with Gasteiger partial charge >= 0.3 is 0 Å². The van der Waals surface area contributed by atoms with Gasteiger partial charge < -0.3 is 14.8 Å². The van der Waals surface area contributed by atoms with Gasteiger partial charge in [-0.3, -0.25) is 4.79 Å². The molecule has 1 amide bonds. The van der Waals surface area contributed by atoms with E-state index < -0.39 is 0 Å². The molecule has 1 aliphatic heterocycles. The Kier molecular flexibility index (Phi) is 6.42. The van der Waals surface area contributed by atoms with E-state index in [9.17, 15) is 4.79 Å². The third-order valence-corrected chi connectivity index (χ3v) is 6.69. The minimum absolute atomic E-state index is 0.0875. The van der Waals surface area contributed by atoms with E-state index in [1.54, 1.807) is 7.11 Å². The number of carbonyl (C=O) groups is 1. The lowest BCUT2D eigenvalue weighted by molar-refractivity contribution is -0.113. The molecule has 4 aromatic rings. The molecular formula is C28H25N3O3S. The van der Waals surface area contributed by atoms with Crippen LogP contribution in [0, 0.1) is 13.8 Å².